The summed E-state index contributed by atoms with van der Waals surface area (Å²) >= 11 is 0. The van der Waals surface area contributed by atoms with E-state index in [1.54, 1.807) is 0 Å². The Morgan fingerprint density at radius 3 is 2.38 bits per heavy atom. The van der Waals surface area contributed by atoms with Gasteiger partial charge in [0.05, 0.1) is 18.6 Å². The normalized spacial score (nSPS) is 19.3. The van der Waals surface area contributed by atoms with Crippen LogP contribution < -0.4 is 5.32 Å². The molecule has 2 aliphatic rings. The number of nitrogens with one attached hydrogen (secondary N) is 1. The van der Waals surface area contributed by atoms with Crippen LogP contribution in [0.2, 0.25) is 0 Å². The second-order valence-corrected chi connectivity index (χ2v) is 9.32. The third-order valence-electron chi connectivity index (χ3n) is 5.75. The maximum absolute atomic E-state index is 14.4. The Bertz CT molecular complexity index is 1000. The number of halogens is 1. The van der Waals surface area contributed by atoms with Gasteiger partial charge in [-0.1, -0.05) is 36.8 Å². The number of sulfonamides is 1. The smallest absolute Gasteiger partial charge is 0.246 e. The number of ether oxygens (including phenoxy) is 1. The molecule has 1 aliphatic heterocycles. The molecule has 2 aromatic carbocycles. The molecule has 1 saturated carbocycles. The van der Waals surface area contributed by atoms with E-state index in [0.717, 1.165) is 30.9 Å². The Hall–Kier alpha value is -2.29. The first kappa shape index (κ1) is 20.0. The van der Waals surface area contributed by atoms with Gasteiger partial charge in [-0.05, 0) is 36.6 Å². The molecule has 1 saturated heterocycles. The molecule has 1 amide bonds. The number of hydrogen-bond acceptors (Lipinski definition) is 4. The number of rotatable bonds is 5. The lowest BCUT2D eigenvalue weighted by Crippen LogP contribution is -2.46. The van der Waals surface area contributed by atoms with E-state index in [-0.39, 0.29) is 37.9 Å². The molecule has 0 atom stereocenters. The molecule has 1 aliphatic carbocycles. The van der Waals surface area contributed by atoms with Gasteiger partial charge in [0.15, 0.2) is 0 Å². The van der Waals surface area contributed by atoms with Crippen molar-refractivity contribution < 1.29 is 22.3 Å². The summed E-state index contributed by atoms with van der Waals surface area (Å²) in [5.74, 6) is -1.04. The fourth-order valence-corrected chi connectivity index (χ4v) is 5.39. The molecule has 2 aromatic rings. The molecule has 0 bridgehead atoms. The van der Waals surface area contributed by atoms with E-state index in [1.807, 2.05) is 30.3 Å². The lowest BCUT2D eigenvalue weighted by Gasteiger charge is -2.40. The summed E-state index contributed by atoms with van der Waals surface area (Å²) in [6.07, 6.45) is 2.40. The Kier molecular flexibility index (Phi) is 5.42. The number of nitrogens with zero attached hydrogens (tertiary/aromatic N) is 1. The number of amides is 1. The third-order valence-corrected chi connectivity index (χ3v) is 7.66. The fraction of sp³-hybridized carbons (Fsp3) is 0.381. The van der Waals surface area contributed by atoms with Crippen molar-refractivity contribution in [3.05, 3.63) is 59.9 Å². The molecule has 0 spiro atoms. The zero-order valence-corrected chi connectivity index (χ0v) is 16.8. The van der Waals surface area contributed by atoms with Crippen molar-refractivity contribution in [3.63, 3.8) is 0 Å². The van der Waals surface area contributed by atoms with Crippen molar-refractivity contribution in [2.45, 2.75) is 29.6 Å². The van der Waals surface area contributed by atoms with Gasteiger partial charge < -0.3 is 10.1 Å². The highest BCUT2D eigenvalue weighted by Crippen LogP contribution is 2.44. The van der Waals surface area contributed by atoms with Gasteiger partial charge in [-0.15, -0.1) is 0 Å². The van der Waals surface area contributed by atoms with E-state index >= 15 is 0 Å². The molecular weight excluding hydrogens is 395 g/mol. The standard InChI is InChI=1S/C21H23FN2O4S/c22-18-8-7-17(15-19(18)29(26,27)24-11-13-28-14-12-24)23-20(25)21(9-4-10-21)16-5-2-1-3-6-16/h1-3,5-8,15H,4,9-14H2,(H,23,25). The summed E-state index contributed by atoms with van der Waals surface area (Å²) < 4.78 is 46.5. The van der Waals surface area contributed by atoms with E-state index in [9.17, 15) is 17.6 Å². The van der Waals surface area contributed by atoms with Crippen molar-refractivity contribution >= 4 is 21.6 Å². The highest BCUT2D eigenvalue weighted by atomic mass is 32.2. The van der Waals surface area contributed by atoms with Crippen LogP contribution in [0.3, 0.4) is 0 Å². The third kappa shape index (κ3) is 3.68. The van der Waals surface area contributed by atoms with Gasteiger partial charge in [-0.3, -0.25) is 4.79 Å². The number of carbonyl (C=O) groups excluding carboxylic acids is 1. The van der Waals surface area contributed by atoms with E-state index in [1.165, 1.54) is 16.4 Å². The minimum absolute atomic E-state index is 0.176. The summed E-state index contributed by atoms with van der Waals surface area (Å²) in [6, 6.07) is 13.2. The van der Waals surface area contributed by atoms with Gasteiger partial charge in [-0.25, -0.2) is 12.8 Å². The second kappa shape index (κ2) is 7.85. The van der Waals surface area contributed by atoms with Gasteiger partial charge in [0.2, 0.25) is 15.9 Å². The molecule has 154 valence electrons. The van der Waals surface area contributed by atoms with Gasteiger partial charge in [-0.2, -0.15) is 4.31 Å². The molecule has 0 unspecified atom stereocenters. The van der Waals surface area contributed by atoms with E-state index in [0.29, 0.717) is 0 Å². The second-order valence-electron chi connectivity index (χ2n) is 7.42. The fourth-order valence-electron chi connectivity index (χ4n) is 3.89. The molecule has 2 fully saturated rings. The van der Waals surface area contributed by atoms with Gasteiger partial charge in [0.25, 0.3) is 0 Å². The lowest BCUT2D eigenvalue weighted by molar-refractivity contribution is -0.124. The predicted molar refractivity (Wildman–Crippen MR) is 107 cm³/mol. The minimum Gasteiger partial charge on any atom is -0.379 e. The zero-order valence-electron chi connectivity index (χ0n) is 15.9. The van der Waals surface area contributed by atoms with Crippen LogP contribution in [0.4, 0.5) is 10.1 Å². The highest BCUT2D eigenvalue weighted by molar-refractivity contribution is 7.89. The lowest BCUT2D eigenvalue weighted by atomic mass is 9.64. The number of anilines is 1. The highest BCUT2D eigenvalue weighted by Gasteiger charge is 2.45. The zero-order chi connectivity index (χ0) is 20.5. The van der Waals surface area contributed by atoms with Crippen LogP contribution in [-0.2, 0) is 25.0 Å². The number of benzene rings is 2. The van der Waals surface area contributed by atoms with Crippen LogP contribution >= 0.6 is 0 Å². The Morgan fingerprint density at radius 1 is 1.07 bits per heavy atom. The van der Waals surface area contributed by atoms with Crippen LogP contribution in [0.25, 0.3) is 0 Å². The topological polar surface area (TPSA) is 75.7 Å². The molecule has 29 heavy (non-hydrogen) atoms. The molecule has 1 N–H and O–H groups in total. The Morgan fingerprint density at radius 2 is 1.76 bits per heavy atom. The monoisotopic (exact) mass is 418 g/mol. The average Bonchev–Trinajstić information content (AvgIpc) is 2.70. The van der Waals surface area contributed by atoms with E-state index < -0.39 is 26.2 Å². The van der Waals surface area contributed by atoms with Crippen molar-refractivity contribution in [3.8, 4) is 0 Å². The number of carbonyl (C=O) groups is 1. The van der Waals surface area contributed by atoms with Crippen LogP contribution in [-0.4, -0.2) is 44.9 Å². The molecule has 4 rings (SSSR count). The number of morpholine rings is 1. The Balaban J connectivity index is 1.60. The molecule has 0 aromatic heterocycles. The van der Waals surface area contributed by atoms with Crippen molar-refractivity contribution in [1.82, 2.24) is 4.31 Å². The molecule has 0 radical (unpaired) electrons. The first-order chi connectivity index (χ1) is 13.9. The van der Waals surface area contributed by atoms with Crippen molar-refractivity contribution in [1.29, 1.82) is 0 Å². The summed E-state index contributed by atoms with van der Waals surface area (Å²) in [4.78, 5) is 12.7. The van der Waals surface area contributed by atoms with Crippen LogP contribution in [0.15, 0.2) is 53.4 Å². The molecule has 1 heterocycles. The summed E-state index contributed by atoms with van der Waals surface area (Å²) in [5.41, 5.74) is 0.580. The first-order valence-electron chi connectivity index (χ1n) is 9.68. The maximum Gasteiger partial charge on any atom is 0.246 e. The SMILES string of the molecule is O=C(Nc1ccc(F)c(S(=O)(=O)N2CCOCC2)c1)C1(c2ccccc2)CCC1. The predicted octanol–water partition coefficient (Wildman–Crippen LogP) is 2.91. The summed E-state index contributed by atoms with van der Waals surface area (Å²) in [5, 5.41) is 2.81. The largest absolute Gasteiger partial charge is 0.379 e. The van der Waals surface area contributed by atoms with E-state index in [2.05, 4.69) is 5.32 Å². The molecule has 8 heteroatoms. The maximum atomic E-state index is 14.4. The van der Waals surface area contributed by atoms with Crippen molar-refractivity contribution in [2.75, 3.05) is 31.6 Å². The molecule has 6 nitrogen and oxygen atoms in total. The van der Waals surface area contributed by atoms with Gasteiger partial charge >= 0.3 is 0 Å². The van der Waals surface area contributed by atoms with Crippen LogP contribution in [0.5, 0.6) is 0 Å². The van der Waals surface area contributed by atoms with Gasteiger partial charge in [0, 0.05) is 18.8 Å². The van der Waals surface area contributed by atoms with Crippen LogP contribution in [0.1, 0.15) is 24.8 Å². The summed E-state index contributed by atoms with van der Waals surface area (Å²) in [6.45, 7) is 0.901. The number of hydrogen-bond donors (Lipinski definition) is 1. The summed E-state index contributed by atoms with van der Waals surface area (Å²) in [7, 11) is -4.00. The molecular formula is C21H23FN2O4S. The van der Waals surface area contributed by atoms with E-state index in [4.69, 9.17) is 4.74 Å². The Labute approximate surface area is 169 Å². The van der Waals surface area contributed by atoms with Crippen LogP contribution in [0, 0.1) is 5.82 Å². The first-order valence-corrected chi connectivity index (χ1v) is 11.1. The minimum atomic E-state index is -4.00. The quantitative estimate of drug-likeness (QED) is 0.810. The average molecular weight is 418 g/mol. The van der Waals surface area contributed by atoms with Crippen molar-refractivity contribution in [2.24, 2.45) is 0 Å². The van der Waals surface area contributed by atoms with Gasteiger partial charge in [0.1, 0.15) is 10.7 Å².